The van der Waals surface area contributed by atoms with Crippen LogP contribution in [-0.4, -0.2) is 326 Å². The second kappa shape index (κ2) is 45.3. The molecule has 59 heteroatoms. The van der Waals surface area contributed by atoms with E-state index in [1.54, 1.807) is 0 Å². The van der Waals surface area contributed by atoms with E-state index >= 15 is 0 Å². The third-order valence-electron chi connectivity index (χ3n) is 10.9. The molecular weight excluding hydrogens is 1570 g/mol. The highest BCUT2D eigenvalue weighted by atomic mass is 31.2. The lowest BCUT2D eigenvalue weighted by atomic mass is 9.95. The van der Waals surface area contributed by atoms with Crippen molar-refractivity contribution in [1.29, 1.82) is 0 Å². The van der Waals surface area contributed by atoms with Crippen LogP contribution in [0, 0.1) is 0 Å². The first-order valence-corrected chi connectivity index (χ1v) is 30.8. The smallest absolute Gasteiger partial charge is 0.481 e. The molecule has 13 unspecified atom stereocenters. The largest absolute Gasteiger partial charge is 0.527 e. The second-order valence-electron chi connectivity index (χ2n) is 20.7. The van der Waals surface area contributed by atoms with Crippen LogP contribution in [0.4, 0.5) is 0 Å². The van der Waals surface area contributed by atoms with Crippen LogP contribution in [0.15, 0.2) is 0 Å². The number of carboxylic acid groups (broad SMARTS) is 9. The molecule has 109 heavy (non-hydrogen) atoms. The molecule has 0 saturated carbocycles. The minimum Gasteiger partial charge on any atom is -0.481 e. The summed E-state index contributed by atoms with van der Waals surface area (Å²) >= 11 is 0. The molecule has 0 aromatic rings. The van der Waals surface area contributed by atoms with Gasteiger partial charge in [0.1, 0.15) is 24.4 Å². The lowest BCUT2D eigenvalue weighted by Gasteiger charge is -2.25. The fraction of sp³-hybridized carbons (Fsp3) is 0.540. The van der Waals surface area contributed by atoms with Gasteiger partial charge in [-0.3, -0.25) is 67.5 Å². The monoisotopic (exact) mass is 1640 g/mol. The molecule has 22 N–H and O–H groups in total. The first-order chi connectivity index (χ1) is 49.0. The number of rotatable bonds is 39. The van der Waals surface area contributed by atoms with Gasteiger partial charge in [0.2, 0.25) is 24.4 Å². The summed E-state index contributed by atoms with van der Waals surface area (Å²) in [4.78, 5) is 296. The van der Waals surface area contributed by atoms with Crippen LogP contribution in [0.5, 0.6) is 0 Å². The van der Waals surface area contributed by atoms with E-state index in [1.165, 1.54) is 0 Å². The Morgan fingerprint density at radius 2 is 0.459 bits per heavy atom. The van der Waals surface area contributed by atoms with E-state index in [-0.39, 0.29) is 0 Å². The number of phosphoric acid groups is 2. The molecule has 0 amide bonds. The molecule has 0 rings (SSSR count). The fourth-order valence-corrected chi connectivity index (χ4v) is 6.68. The van der Waals surface area contributed by atoms with Crippen LogP contribution in [0.1, 0.15) is 92.4 Å². The average molecular weight is 1640 g/mol. The van der Waals surface area contributed by atoms with Crippen molar-refractivity contribution >= 4 is 153 Å². The quantitative estimate of drug-likeness (QED) is 0.0118. The molecule has 0 heterocycles. The number of aliphatic hydroxyl groups is 9. The number of carboxylic acids is 9. The van der Waals surface area contributed by atoms with Crippen LogP contribution in [0.25, 0.3) is 0 Å². The van der Waals surface area contributed by atoms with Gasteiger partial charge in [-0.1, -0.05) is 0 Å². The number of phosphoric ester groups is 2. The zero-order valence-electron chi connectivity index (χ0n) is 55.1. The van der Waals surface area contributed by atoms with Crippen LogP contribution in [-0.2, 0) is 166 Å². The number of hydrogen-bond donors (Lipinski definition) is 22. The first-order valence-electron chi connectivity index (χ1n) is 27.7. The van der Waals surface area contributed by atoms with E-state index in [0.29, 0.717) is 0 Å². The Hall–Kier alpha value is -11.4. The number of aliphatic hydroxyl groups excluding tert-OH is 5. The molecule has 0 aliphatic heterocycles. The number of carbonyl (C=O) groups is 23. The molecule has 0 spiro atoms. The highest BCUT2D eigenvalue weighted by Crippen LogP contribution is 2.38. The topological polar surface area (TPSA) is 964 Å². The molecule has 0 bridgehead atoms. The molecule has 616 valence electrons. The Labute approximate surface area is 599 Å². The summed E-state index contributed by atoms with van der Waals surface area (Å²) in [6.07, 6.45) is -37.1. The van der Waals surface area contributed by atoms with Crippen molar-refractivity contribution in [3.63, 3.8) is 0 Å². The van der Waals surface area contributed by atoms with Crippen LogP contribution < -0.4 is 0 Å². The van der Waals surface area contributed by atoms with E-state index in [4.69, 9.17) is 55.0 Å². The van der Waals surface area contributed by atoms with E-state index in [9.17, 15) is 176 Å². The lowest BCUT2D eigenvalue weighted by molar-refractivity contribution is -0.194. The third kappa shape index (κ3) is 42.5. The van der Waals surface area contributed by atoms with Crippen LogP contribution >= 0.6 is 15.6 Å². The maximum atomic E-state index is 12.3. The van der Waals surface area contributed by atoms with Gasteiger partial charge >= 0.3 is 147 Å². The molecule has 0 saturated heterocycles. The molecule has 0 radical (unpaired) electrons. The zero-order valence-corrected chi connectivity index (χ0v) is 56.9. The van der Waals surface area contributed by atoms with Crippen molar-refractivity contribution in [2.45, 2.75) is 170 Å². The van der Waals surface area contributed by atoms with Gasteiger partial charge in [-0.15, -0.1) is 0 Å². The highest BCUT2D eigenvalue weighted by molar-refractivity contribution is 7.47. The molecule has 13 atom stereocenters. The second-order valence-corrected chi connectivity index (χ2v) is 23.1. The van der Waals surface area contributed by atoms with Gasteiger partial charge in [0.05, 0.1) is 57.8 Å². The summed E-state index contributed by atoms with van der Waals surface area (Å²) in [5.41, 5.74) is -13.9. The van der Waals surface area contributed by atoms with Gasteiger partial charge in [-0.2, -0.15) is 0 Å². The fourth-order valence-electron chi connectivity index (χ4n) is 5.99. The zero-order chi connectivity index (χ0) is 86.9. The summed E-state index contributed by atoms with van der Waals surface area (Å²) in [5.74, 6) is -44.8. The Kier molecular flexibility index (Phi) is 43.1. The molecule has 0 aromatic carbocycles. The van der Waals surface area contributed by atoms with Gasteiger partial charge < -0.3 is 139 Å². The van der Waals surface area contributed by atoms with Crippen molar-refractivity contribution in [2.24, 2.45) is 0 Å². The normalized spacial score (nSPS) is 15.5. The van der Waals surface area contributed by atoms with E-state index in [0.717, 1.165) is 34.6 Å². The lowest BCUT2D eigenvalue weighted by Crippen LogP contribution is -2.49. The number of hydrogen-bond acceptors (Lipinski definition) is 44. The number of aliphatic carboxylic acids is 9. The summed E-state index contributed by atoms with van der Waals surface area (Å²) in [5, 5.41) is 167. The minimum absolute atomic E-state index is 0.833. The molecule has 0 fully saturated rings. The summed E-state index contributed by atoms with van der Waals surface area (Å²) in [7, 11) is -10.3. The standard InChI is InChI=1S/2C22H26O22.C4H8O11P2.C2H4O2/c2*1-7(23)17(33)43-11(27)5-21(39,19(35)36)3-9(25)41-13(15(29)30)14(16(31)32)42-10(26)4-22(40,20(37)38)6-12(28)44-18(34)8(2)24;5-2(4(7)15-17(11,12)13)1-3(6)14-16(8,9)10;1-2(3)4/h2*7-8,13-14,23-24,39-40H,3-6H2,1-2H3,(H,29,30)(H,31,32)(H,35,36)(H,37,38);2,5H,1H2,(H2,8,9,10)(H2,11,12,13);1H3,(H,3,4). The molecular formula is C50H64O57P2. The van der Waals surface area contributed by atoms with Crippen molar-refractivity contribution in [3.05, 3.63) is 0 Å². The Bertz CT molecular complexity index is 3200. The van der Waals surface area contributed by atoms with E-state index in [1.807, 2.05) is 0 Å². The van der Waals surface area contributed by atoms with Crippen molar-refractivity contribution in [3.8, 4) is 0 Å². The first kappa shape index (κ1) is 104. The Morgan fingerprint density at radius 1 is 0.294 bits per heavy atom. The summed E-state index contributed by atoms with van der Waals surface area (Å²) in [6, 6.07) is 0. The molecule has 0 aliphatic carbocycles. The summed E-state index contributed by atoms with van der Waals surface area (Å²) in [6.45, 7) is 4.50. The van der Waals surface area contributed by atoms with E-state index < -0.39 is 288 Å². The van der Waals surface area contributed by atoms with Gasteiger partial charge in [0.15, 0.2) is 28.5 Å². The maximum Gasteiger partial charge on any atom is 0.527 e. The van der Waals surface area contributed by atoms with E-state index in [2.05, 4.69) is 46.9 Å². The predicted molar refractivity (Wildman–Crippen MR) is 309 cm³/mol. The third-order valence-corrected chi connectivity index (χ3v) is 11.8. The molecule has 57 nitrogen and oxygen atoms in total. The van der Waals surface area contributed by atoms with Gasteiger partial charge in [0, 0.05) is 6.92 Å². The molecule has 0 aromatic heterocycles. The van der Waals surface area contributed by atoms with Gasteiger partial charge in [-0.05, 0) is 27.7 Å². The van der Waals surface area contributed by atoms with Crippen molar-refractivity contribution < 1.29 is 278 Å². The van der Waals surface area contributed by atoms with Gasteiger partial charge in [-0.25, -0.2) is 71.5 Å². The van der Waals surface area contributed by atoms with Gasteiger partial charge in [0.25, 0.3) is 5.97 Å². The maximum absolute atomic E-state index is 12.3. The molecule has 0 aliphatic rings. The van der Waals surface area contributed by atoms with Crippen molar-refractivity contribution in [2.75, 3.05) is 0 Å². The summed E-state index contributed by atoms with van der Waals surface area (Å²) < 4.78 is 60.5. The van der Waals surface area contributed by atoms with Crippen molar-refractivity contribution in [1.82, 2.24) is 0 Å². The SMILES string of the molecule is CC(=O)O.CC(O)C(=O)OC(=O)CC(O)(CC(=O)OC(C(=O)O)C(OC(=O)CC(O)(CC(=O)OC(=O)C(C)O)C(=O)O)C(=O)O)C(=O)O.CC(O)C(=O)OC(=O)CC(O)(CC(=O)OC(C(=O)O)C(OC(=O)CC(O)(CC(=O)OC(=O)C(C)O)C(=O)O)C(=O)O)C(=O)O.O=C(CC(O)C(=O)OP(=O)(O)O)OP(=O)(O)O. The van der Waals surface area contributed by atoms with Crippen LogP contribution in [0.3, 0.4) is 0 Å². The number of esters is 12. The number of ether oxygens (including phenoxy) is 8. The Morgan fingerprint density at radius 3 is 0.596 bits per heavy atom. The number of carbonyl (C=O) groups excluding carboxylic acids is 14. The minimum atomic E-state index is -5.18. The predicted octanol–water partition coefficient (Wildman–Crippen LogP) is -11.8. The van der Waals surface area contributed by atoms with Crippen LogP contribution in [0.2, 0.25) is 0 Å². The highest BCUT2D eigenvalue weighted by Gasteiger charge is 2.51. The average Bonchev–Trinajstić information content (AvgIpc) is 0.833. The Balaban J connectivity index is -0.000000801.